The second-order valence-corrected chi connectivity index (χ2v) is 7.45. The molecule has 0 saturated heterocycles. The highest BCUT2D eigenvalue weighted by Crippen LogP contribution is 2.23. The van der Waals surface area contributed by atoms with Gasteiger partial charge < -0.3 is 10.6 Å². The Morgan fingerprint density at radius 1 is 0.897 bits per heavy atom. The molecular weight excluding hydrogens is 407 g/mol. The van der Waals surface area contributed by atoms with Crippen LogP contribution in [0.4, 0.5) is 5.69 Å². The summed E-state index contributed by atoms with van der Waals surface area (Å²) in [5, 5.41) is 6.69. The van der Waals surface area contributed by atoms with Crippen molar-refractivity contribution in [2.24, 2.45) is 0 Å². The molecule has 3 aromatic carbocycles. The van der Waals surface area contributed by atoms with Crippen LogP contribution in [0.25, 0.3) is 0 Å². The molecule has 0 aliphatic rings. The maximum absolute atomic E-state index is 12.7. The number of carbonyl (C=O) groups is 2. The monoisotopic (exact) mass is 426 g/mol. The van der Waals surface area contributed by atoms with Crippen LogP contribution in [-0.4, -0.2) is 11.8 Å². The van der Waals surface area contributed by atoms with Gasteiger partial charge in [-0.3, -0.25) is 9.59 Å². The molecule has 4 nitrogen and oxygen atoms in total. The number of hydrogen-bond donors (Lipinski definition) is 2. The number of aryl methyl sites for hydroxylation is 1. The Kier molecular flexibility index (Phi) is 6.91. The van der Waals surface area contributed by atoms with Gasteiger partial charge in [-0.2, -0.15) is 0 Å². The summed E-state index contributed by atoms with van der Waals surface area (Å²) in [5.74, 6) is -0.575. The zero-order valence-corrected chi connectivity index (χ0v) is 17.3. The topological polar surface area (TPSA) is 58.2 Å². The van der Waals surface area contributed by atoms with Crippen LogP contribution in [0.3, 0.4) is 0 Å². The summed E-state index contributed by atoms with van der Waals surface area (Å²) >= 11 is 12.3. The number of hydrogen-bond acceptors (Lipinski definition) is 2. The molecule has 148 valence electrons. The molecule has 0 fully saturated rings. The molecule has 1 unspecified atom stereocenters. The predicted molar refractivity (Wildman–Crippen MR) is 118 cm³/mol. The average Bonchev–Trinajstić information content (AvgIpc) is 2.71. The lowest BCUT2D eigenvalue weighted by Gasteiger charge is -2.19. The molecule has 0 aliphatic heterocycles. The fraction of sp³-hybridized carbons (Fsp3) is 0.130. The molecule has 3 aromatic rings. The first-order valence-corrected chi connectivity index (χ1v) is 9.86. The van der Waals surface area contributed by atoms with E-state index in [9.17, 15) is 9.59 Å². The first-order valence-electron chi connectivity index (χ1n) is 9.10. The Morgan fingerprint density at radius 2 is 1.59 bits per heavy atom. The van der Waals surface area contributed by atoms with E-state index < -0.39 is 6.04 Å². The highest BCUT2D eigenvalue weighted by Gasteiger charge is 2.20. The molecule has 0 bridgehead atoms. The number of carbonyl (C=O) groups excluding carboxylic acids is 2. The van der Waals surface area contributed by atoms with Crippen LogP contribution in [0.2, 0.25) is 10.0 Å². The molecule has 0 radical (unpaired) electrons. The molecule has 0 heterocycles. The second kappa shape index (κ2) is 9.59. The summed E-state index contributed by atoms with van der Waals surface area (Å²) in [5.41, 5.74) is 2.72. The average molecular weight is 427 g/mol. The minimum atomic E-state index is -0.513. The summed E-state index contributed by atoms with van der Waals surface area (Å²) in [6.07, 6.45) is 0.0612. The van der Waals surface area contributed by atoms with Crippen molar-refractivity contribution >= 4 is 40.7 Å². The van der Waals surface area contributed by atoms with Crippen molar-refractivity contribution in [1.82, 2.24) is 5.32 Å². The largest absolute Gasteiger partial charge is 0.345 e. The van der Waals surface area contributed by atoms with Gasteiger partial charge >= 0.3 is 0 Å². The molecule has 0 aromatic heterocycles. The molecule has 2 amide bonds. The normalized spacial score (nSPS) is 11.6. The van der Waals surface area contributed by atoms with Gasteiger partial charge in [-0.25, -0.2) is 0 Å². The van der Waals surface area contributed by atoms with E-state index in [2.05, 4.69) is 10.6 Å². The van der Waals surface area contributed by atoms with E-state index in [-0.39, 0.29) is 18.2 Å². The smallest absolute Gasteiger partial charge is 0.253 e. The number of anilines is 1. The van der Waals surface area contributed by atoms with Gasteiger partial charge in [0, 0.05) is 10.7 Å². The van der Waals surface area contributed by atoms with Gasteiger partial charge in [0.1, 0.15) is 0 Å². The third-order valence-electron chi connectivity index (χ3n) is 4.47. The standard InChI is InChI=1S/C23H20Cl2N2O2/c1-15-11-12-17(13-20(15)25)26-22(28)14-21(16-7-3-2-4-8-16)27-23(29)18-9-5-6-10-19(18)24/h2-13,21H,14H2,1H3,(H,26,28)(H,27,29). The summed E-state index contributed by atoms with van der Waals surface area (Å²) in [4.78, 5) is 25.4. The van der Waals surface area contributed by atoms with Crippen molar-refractivity contribution in [2.75, 3.05) is 5.32 Å². The number of halogens is 2. The van der Waals surface area contributed by atoms with Crippen molar-refractivity contribution in [3.63, 3.8) is 0 Å². The van der Waals surface area contributed by atoms with Crippen LogP contribution in [0.5, 0.6) is 0 Å². The van der Waals surface area contributed by atoms with Crippen LogP contribution >= 0.6 is 23.2 Å². The number of benzene rings is 3. The summed E-state index contributed by atoms with van der Waals surface area (Å²) in [6.45, 7) is 1.89. The first-order chi connectivity index (χ1) is 13.9. The van der Waals surface area contributed by atoms with Crippen molar-refractivity contribution in [1.29, 1.82) is 0 Å². The lowest BCUT2D eigenvalue weighted by atomic mass is 10.0. The van der Waals surface area contributed by atoms with Crippen molar-refractivity contribution in [2.45, 2.75) is 19.4 Å². The zero-order chi connectivity index (χ0) is 20.8. The van der Waals surface area contributed by atoms with Gasteiger partial charge in [-0.05, 0) is 42.3 Å². The zero-order valence-electron chi connectivity index (χ0n) is 15.8. The summed E-state index contributed by atoms with van der Waals surface area (Å²) in [7, 11) is 0. The number of nitrogens with one attached hydrogen (secondary N) is 2. The number of amides is 2. The van der Waals surface area contributed by atoms with Crippen molar-refractivity contribution in [3.8, 4) is 0 Å². The van der Waals surface area contributed by atoms with Crippen LogP contribution in [0.1, 0.15) is 33.9 Å². The maximum Gasteiger partial charge on any atom is 0.253 e. The predicted octanol–water partition coefficient (Wildman–Crippen LogP) is 5.80. The SMILES string of the molecule is Cc1ccc(NC(=O)CC(NC(=O)c2ccccc2Cl)c2ccccc2)cc1Cl. The molecule has 1 atom stereocenters. The molecule has 2 N–H and O–H groups in total. The van der Waals surface area contributed by atoms with E-state index in [1.54, 1.807) is 36.4 Å². The molecule has 0 saturated carbocycles. The molecular formula is C23H20Cl2N2O2. The van der Waals surface area contributed by atoms with Crippen LogP contribution in [0, 0.1) is 6.92 Å². The maximum atomic E-state index is 12.7. The molecule has 0 aliphatic carbocycles. The van der Waals surface area contributed by atoms with Gasteiger partial charge in [0.25, 0.3) is 5.91 Å². The second-order valence-electron chi connectivity index (χ2n) is 6.63. The van der Waals surface area contributed by atoms with Gasteiger partial charge in [-0.15, -0.1) is 0 Å². The molecule has 0 spiro atoms. The van der Waals surface area contributed by atoms with Gasteiger partial charge in [0.2, 0.25) is 5.91 Å². The van der Waals surface area contributed by atoms with Gasteiger partial charge in [0.05, 0.1) is 23.0 Å². The molecule has 29 heavy (non-hydrogen) atoms. The van der Waals surface area contributed by atoms with E-state index in [0.29, 0.717) is 21.3 Å². The highest BCUT2D eigenvalue weighted by molar-refractivity contribution is 6.33. The molecule has 6 heteroatoms. The Bertz CT molecular complexity index is 1020. The van der Waals surface area contributed by atoms with E-state index in [0.717, 1.165) is 11.1 Å². The van der Waals surface area contributed by atoms with E-state index in [4.69, 9.17) is 23.2 Å². The number of rotatable bonds is 6. The lowest BCUT2D eigenvalue weighted by molar-refractivity contribution is -0.116. The van der Waals surface area contributed by atoms with Gasteiger partial charge in [-0.1, -0.05) is 71.7 Å². The summed E-state index contributed by atoms with van der Waals surface area (Å²) in [6, 6.07) is 21.0. The molecule has 3 rings (SSSR count). The van der Waals surface area contributed by atoms with Crippen molar-refractivity contribution in [3.05, 3.63) is 99.5 Å². The van der Waals surface area contributed by atoms with Crippen LogP contribution in [0.15, 0.2) is 72.8 Å². The van der Waals surface area contributed by atoms with Gasteiger partial charge in [0.15, 0.2) is 0 Å². The van der Waals surface area contributed by atoms with Crippen LogP contribution in [-0.2, 0) is 4.79 Å². The third kappa shape index (κ3) is 5.59. The van der Waals surface area contributed by atoms with Crippen molar-refractivity contribution < 1.29 is 9.59 Å². The fourth-order valence-electron chi connectivity index (χ4n) is 2.89. The van der Waals surface area contributed by atoms with E-state index in [1.165, 1.54) is 0 Å². The highest BCUT2D eigenvalue weighted by atomic mass is 35.5. The third-order valence-corrected chi connectivity index (χ3v) is 5.21. The van der Waals surface area contributed by atoms with E-state index in [1.807, 2.05) is 43.3 Å². The Labute approximate surface area is 179 Å². The Morgan fingerprint density at radius 3 is 2.28 bits per heavy atom. The summed E-state index contributed by atoms with van der Waals surface area (Å²) < 4.78 is 0. The first kappa shape index (κ1) is 20.9. The minimum absolute atomic E-state index is 0.0612. The Hall–Kier alpha value is -2.82. The Balaban J connectivity index is 1.77. The quantitative estimate of drug-likeness (QED) is 0.522. The van der Waals surface area contributed by atoms with E-state index >= 15 is 0 Å². The fourth-order valence-corrected chi connectivity index (χ4v) is 3.29. The van der Waals surface area contributed by atoms with Crippen LogP contribution < -0.4 is 10.6 Å². The lowest BCUT2D eigenvalue weighted by Crippen LogP contribution is -2.31. The minimum Gasteiger partial charge on any atom is -0.345 e.